The van der Waals surface area contributed by atoms with Crippen molar-refractivity contribution in [1.82, 2.24) is 4.90 Å². The van der Waals surface area contributed by atoms with Crippen molar-refractivity contribution in [3.8, 4) is 6.07 Å². The summed E-state index contributed by atoms with van der Waals surface area (Å²) in [6.07, 6.45) is 0. The van der Waals surface area contributed by atoms with E-state index >= 15 is 0 Å². The number of rotatable bonds is 4. The molecule has 100 valence electrons. The van der Waals surface area contributed by atoms with Crippen LogP contribution in [0.5, 0.6) is 0 Å². The van der Waals surface area contributed by atoms with Crippen LogP contribution in [0.3, 0.4) is 0 Å². The fraction of sp³-hybridized carbons (Fsp3) is 0.333. The van der Waals surface area contributed by atoms with Crippen LogP contribution in [0.25, 0.3) is 0 Å². The molecule has 19 heavy (non-hydrogen) atoms. The average molecular weight is 262 g/mol. The molecule has 0 aliphatic carbocycles. The van der Waals surface area contributed by atoms with Crippen LogP contribution in [0.1, 0.15) is 5.56 Å². The molecule has 0 N–H and O–H groups in total. The Labute approximate surface area is 110 Å². The Morgan fingerprint density at radius 1 is 1.42 bits per heavy atom. The normalized spacial score (nSPS) is 9.58. The van der Waals surface area contributed by atoms with Gasteiger partial charge in [-0.15, -0.1) is 0 Å². The molecule has 0 aliphatic heterocycles. The lowest BCUT2D eigenvalue weighted by Gasteiger charge is -2.21. The molecule has 0 saturated heterocycles. The van der Waals surface area contributed by atoms with E-state index < -0.39 is 4.92 Å². The van der Waals surface area contributed by atoms with Crippen LogP contribution in [0.15, 0.2) is 18.2 Å². The Kier molecular flexibility index (Phi) is 4.42. The third-order valence-electron chi connectivity index (χ3n) is 2.61. The molecule has 0 unspecified atom stereocenters. The summed E-state index contributed by atoms with van der Waals surface area (Å²) in [6, 6.07) is 5.97. The van der Waals surface area contributed by atoms with Gasteiger partial charge in [-0.3, -0.25) is 14.9 Å². The molecule has 0 atom stereocenters. The first-order chi connectivity index (χ1) is 8.86. The third-order valence-corrected chi connectivity index (χ3v) is 2.61. The molecule has 0 bridgehead atoms. The van der Waals surface area contributed by atoms with E-state index in [1.165, 1.54) is 23.1 Å². The van der Waals surface area contributed by atoms with Gasteiger partial charge in [-0.1, -0.05) is 0 Å². The second kappa shape index (κ2) is 5.82. The van der Waals surface area contributed by atoms with Crippen LogP contribution in [0.4, 0.5) is 11.4 Å². The van der Waals surface area contributed by atoms with Gasteiger partial charge in [0.05, 0.1) is 11.5 Å². The van der Waals surface area contributed by atoms with E-state index in [0.717, 1.165) is 0 Å². The van der Waals surface area contributed by atoms with Gasteiger partial charge in [-0.2, -0.15) is 5.26 Å². The molecule has 0 saturated carbocycles. The van der Waals surface area contributed by atoms with E-state index in [-0.39, 0.29) is 23.7 Å². The highest BCUT2D eigenvalue weighted by molar-refractivity contribution is 5.81. The average Bonchev–Trinajstić information content (AvgIpc) is 2.37. The molecule has 1 aromatic carbocycles. The van der Waals surface area contributed by atoms with E-state index in [1.807, 2.05) is 0 Å². The first-order valence-electron chi connectivity index (χ1n) is 5.46. The van der Waals surface area contributed by atoms with Gasteiger partial charge in [0.1, 0.15) is 11.6 Å². The number of nitro groups is 1. The molecular formula is C12H14N4O3. The molecule has 1 rings (SSSR count). The first kappa shape index (κ1) is 14.4. The Morgan fingerprint density at radius 3 is 2.53 bits per heavy atom. The minimum atomic E-state index is -0.604. The predicted octanol–water partition coefficient (Wildman–Crippen LogP) is 0.991. The molecule has 0 spiro atoms. The summed E-state index contributed by atoms with van der Waals surface area (Å²) in [7, 11) is 4.98. The number of anilines is 1. The van der Waals surface area contributed by atoms with Gasteiger partial charge >= 0.3 is 0 Å². The number of nitriles is 1. The maximum absolute atomic E-state index is 11.6. The number of likely N-dealkylation sites (N-methyl/N-ethyl adjacent to an activating group) is 2. The summed E-state index contributed by atoms with van der Waals surface area (Å²) in [5.74, 6) is -0.0978. The second-order valence-corrected chi connectivity index (χ2v) is 4.21. The number of benzene rings is 1. The van der Waals surface area contributed by atoms with Gasteiger partial charge in [0, 0.05) is 32.9 Å². The fourth-order valence-electron chi connectivity index (χ4n) is 1.45. The zero-order valence-electron chi connectivity index (χ0n) is 11.0. The predicted molar refractivity (Wildman–Crippen MR) is 69.8 cm³/mol. The monoisotopic (exact) mass is 262 g/mol. The Bertz CT molecular complexity index is 548. The van der Waals surface area contributed by atoms with Crippen molar-refractivity contribution in [2.75, 3.05) is 32.6 Å². The van der Waals surface area contributed by atoms with Gasteiger partial charge in [0.15, 0.2) is 0 Å². The maximum Gasteiger partial charge on any atom is 0.287 e. The molecule has 0 fully saturated rings. The number of amides is 1. The topological polar surface area (TPSA) is 90.5 Å². The van der Waals surface area contributed by atoms with Crippen molar-refractivity contribution in [1.29, 1.82) is 5.26 Å². The standard InChI is InChI=1S/C12H14N4O3/c1-14(2)12(17)8-15(3)10-4-5-11(16(18)19)9(6-10)7-13/h4-6H,8H2,1-3H3. The van der Waals surface area contributed by atoms with E-state index in [1.54, 1.807) is 32.1 Å². The lowest BCUT2D eigenvalue weighted by molar-refractivity contribution is -0.385. The Hall–Kier alpha value is -2.62. The summed E-state index contributed by atoms with van der Waals surface area (Å²) < 4.78 is 0. The van der Waals surface area contributed by atoms with Crippen molar-refractivity contribution in [2.24, 2.45) is 0 Å². The molecule has 7 heteroatoms. The van der Waals surface area contributed by atoms with Crippen molar-refractivity contribution in [2.45, 2.75) is 0 Å². The van der Waals surface area contributed by atoms with Crippen LogP contribution in [0, 0.1) is 21.4 Å². The summed E-state index contributed by atoms with van der Waals surface area (Å²) in [5.41, 5.74) is 0.322. The minimum Gasteiger partial charge on any atom is -0.365 e. The van der Waals surface area contributed by atoms with Gasteiger partial charge in [-0.25, -0.2) is 0 Å². The summed E-state index contributed by atoms with van der Waals surface area (Å²) in [5, 5.41) is 19.6. The lowest BCUT2D eigenvalue weighted by atomic mass is 10.1. The van der Waals surface area contributed by atoms with Crippen LogP contribution in [0.2, 0.25) is 0 Å². The third kappa shape index (κ3) is 3.42. The lowest BCUT2D eigenvalue weighted by Crippen LogP contribution is -2.34. The number of hydrogen-bond donors (Lipinski definition) is 0. The van der Waals surface area contributed by atoms with Gasteiger partial charge in [-0.05, 0) is 12.1 Å². The summed E-state index contributed by atoms with van der Waals surface area (Å²) in [4.78, 5) is 24.8. The molecule has 0 radical (unpaired) electrons. The molecule has 1 amide bonds. The quantitative estimate of drug-likeness (QED) is 0.596. The van der Waals surface area contributed by atoms with Gasteiger partial charge < -0.3 is 9.80 Å². The van der Waals surface area contributed by atoms with Crippen LogP contribution in [-0.4, -0.2) is 43.4 Å². The molecule has 0 aliphatic rings. The van der Waals surface area contributed by atoms with E-state index in [4.69, 9.17) is 5.26 Å². The molecule has 0 aromatic heterocycles. The maximum atomic E-state index is 11.6. The van der Waals surface area contributed by atoms with Crippen molar-refractivity contribution < 1.29 is 9.72 Å². The highest BCUT2D eigenvalue weighted by Gasteiger charge is 2.16. The van der Waals surface area contributed by atoms with E-state index in [2.05, 4.69) is 0 Å². The number of hydrogen-bond acceptors (Lipinski definition) is 5. The van der Waals surface area contributed by atoms with Crippen LogP contribution >= 0.6 is 0 Å². The highest BCUT2D eigenvalue weighted by Crippen LogP contribution is 2.23. The zero-order valence-corrected chi connectivity index (χ0v) is 11.0. The Morgan fingerprint density at radius 2 is 2.05 bits per heavy atom. The van der Waals surface area contributed by atoms with Crippen molar-refractivity contribution >= 4 is 17.3 Å². The number of carbonyl (C=O) groups excluding carboxylic acids is 1. The van der Waals surface area contributed by atoms with E-state index in [9.17, 15) is 14.9 Å². The van der Waals surface area contributed by atoms with Gasteiger partial charge in [0.2, 0.25) is 5.91 Å². The summed E-state index contributed by atoms with van der Waals surface area (Å²) >= 11 is 0. The minimum absolute atomic E-state index is 0.0216. The molecule has 1 aromatic rings. The van der Waals surface area contributed by atoms with Crippen molar-refractivity contribution in [3.63, 3.8) is 0 Å². The SMILES string of the molecule is CN(C)C(=O)CN(C)c1ccc([N+](=O)[O-])c(C#N)c1. The highest BCUT2D eigenvalue weighted by atomic mass is 16.6. The number of carbonyl (C=O) groups is 1. The number of nitro benzene ring substituents is 1. The fourth-order valence-corrected chi connectivity index (χ4v) is 1.45. The second-order valence-electron chi connectivity index (χ2n) is 4.21. The number of nitrogens with zero attached hydrogens (tertiary/aromatic N) is 4. The smallest absolute Gasteiger partial charge is 0.287 e. The Balaban J connectivity index is 3.00. The van der Waals surface area contributed by atoms with E-state index in [0.29, 0.717) is 5.69 Å². The first-order valence-corrected chi connectivity index (χ1v) is 5.46. The molecule has 7 nitrogen and oxygen atoms in total. The summed E-state index contributed by atoms with van der Waals surface area (Å²) in [6.45, 7) is 0.135. The van der Waals surface area contributed by atoms with Crippen LogP contribution < -0.4 is 4.90 Å². The van der Waals surface area contributed by atoms with Crippen molar-refractivity contribution in [3.05, 3.63) is 33.9 Å². The largest absolute Gasteiger partial charge is 0.365 e. The molecular weight excluding hydrogens is 248 g/mol. The van der Waals surface area contributed by atoms with Gasteiger partial charge in [0.25, 0.3) is 5.69 Å². The van der Waals surface area contributed by atoms with Crippen LogP contribution in [-0.2, 0) is 4.79 Å². The molecule has 0 heterocycles. The zero-order chi connectivity index (χ0) is 14.6.